The lowest BCUT2D eigenvalue weighted by atomic mass is 10.0. The van der Waals surface area contributed by atoms with E-state index in [0.29, 0.717) is 29.7 Å². The molecular formula is C24H18F4N2. The van der Waals surface area contributed by atoms with E-state index in [1.54, 1.807) is 18.2 Å². The molecule has 0 bridgehead atoms. The lowest BCUT2D eigenvalue weighted by Crippen LogP contribution is -1.94. The number of benzene rings is 3. The fraction of sp³-hybridized carbons (Fsp3) is 0.167. The second kappa shape index (κ2) is 9.36. The number of hydrogen-bond donors (Lipinski definition) is 0. The molecule has 0 aliphatic rings. The summed E-state index contributed by atoms with van der Waals surface area (Å²) in [4.78, 5) is 0. The summed E-state index contributed by atoms with van der Waals surface area (Å²) in [5, 5.41) is 7.93. The molecule has 0 spiro atoms. The lowest BCUT2D eigenvalue weighted by molar-refractivity contribution is 0.509. The molecule has 0 fully saturated rings. The van der Waals surface area contributed by atoms with E-state index in [1.807, 2.05) is 13.8 Å². The first-order chi connectivity index (χ1) is 14.4. The highest BCUT2D eigenvalue weighted by Gasteiger charge is 2.09. The van der Waals surface area contributed by atoms with E-state index in [1.165, 1.54) is 18.2 Å². The predicted molar refractivity (Wildman–Crippen MR) is 108 cm³/mol. The van der Waals surface area contributed by atoms with Gasteiger partial charge in [-0.05, 0) is 66.4 Å². The van der Waals surface area contributed by atoms with E-state index >= 15 is 0 Å². The van der Waals surface area contributed by atoms with Crippen molar-refractivity contribution in [3.8, 4) is 11.8 Å². The molecule has 0 amide bonds. The molecule has 3 aromatic rings. The maximum Gasteiger partial charge on any atom is 0.161 e. The van der Waals surface area contributed by atoms with Crippen molar-refractivity contribution < 1.29 is 17.6 Å². The first kappa shape index (κ1) is 21.3. The molecular weight excluding hydrogens is 392 g/mol. The summed E-state index contributed by atoms with van der Waals surface area (Å²) in [7, 11) is 0. The molecule has 0 aliphatic heterocycles. The third kappa shape index (κ3) is 4.93. The minimum Gasteiger partial charge on any atom is -0.206 e. The van der Waals surface area contributed by atoms with Gasteiger partial charge in [-0.15, -0.1) is 0 Å². The van der Waals surface area contributed by atoms with E-state index in [2.05, 4.69) is 22.1 Å². The summed E-state index contributed by atoms with van der Waals surface area (Å²) in [5.74, 6) is 2.07. The Kier molecular flexibility index (Phi) is 6.63. The van der Waals surface area contributed by atoms with Gasteiger partial charge in [0.1, 0.15) is 11.6 Å². The van der Waals surface area contributed by atoms with Crippen LogP contribution < -0.4 is 0 Å². The molecule has 6 heteroatoms. The van der Waals surface area contributed by atoms with Crippen LogP contribution >= 0.6 is 0 Å². The van der Waals surface area contributed by atoms with Gasteiger partial charge in [0.05, 0.1) is 16.9 Å². The molecule has 0 unspecified atom stereocenters. The Morgan fingerprint density at radius 2 is 1.30 bits per heavy atom. The third-order valence-electron chi connectivity index (χ3n) is 4.49. The molecule has 30 heavy (non-hydrogen) atoms. The van der Waals surface area contributed by atoms with E-state index in [0.717, 1.165) is 17.7 Å². The van der Waals surface area contributed by atoms with Gasteiger partial charge in [0.2, 0.25) is 0 Å². The number of nitrogens with zero attached hydrogens (tertiary/aromatic N) is 2. The molecule has 0 aromatic heterocycles. The van der Waals surface area contributed by atoms with E-state index in [4.69, 9.17) is 0 Å². The van der Waals surface area contributed by atoms with E-state index < -0.39 is 23.3 Å². The summed E-state index contributed by atoms with van der Waals surface area (Å²) in [5.41, 5.74) is 2.40. The van der Waals surface area contributed by atoms with Gasteiger partial charge < -0.3 is 0 Å². The maximum absolute atomic E-state index is 14.1. The van der Waals surface area contributed by atoms with Crippen LogP contribution in [0.5, 0.6) is 0 Å². The van der Waals surface area contributed by atoms with Crippen molar-refractivity contribution in [1.29, 1.82) is 0 Å². The highest BCUT2D eigenvalue weighted by Crippen LogP contribution is 2.23. The van der Waals surface area contributed by atoms with E-state index in [-0.39, 0.29) is 11.3 Å². The summed E-state index contributed by atoms with van der Waals surface area (Å²) in [6.07, 6.45) is 1.14. The van der Waals surface area contributed by atoms with Crippen LogP contribution in [0.15, 0.2) is 58.8 Å². The zero-order valence-electron chi connectivity index (χ0n) is 16.4. The number of halogens is 4. The van der Waals surface area contributed by atoms with Crippen LogP contribution in [0.25, 0.3) is 0 Å². The SMILES string of the molecule is CCc1cc(F)c(C#Cc2ccc(N=Nc3ccc(F)c(F)c3)cc2CC)c(F)c1. The predicted octanol–water partition coefficient (Wildman–Crippen LogP) is 7.18. The average Bonchev–Trinajstić information content (AvgIpc) is 2.74. The Bertz CT molecular complexity index is 1150. The molecule has 0 N–H and O–H groups in total. The van der Waals surface area contributed by atoms with Crippen LogP contribution in [-0.4, -0.2) is 0 Å². The number of rotatable bonds is 4. The number of aryl methyl sites for hydroxylation is 2. The Morgan fingerprint density at radius 1 is 0.667 bits per heavy atom. The van der Waals surface area contributed by atoms with Gasteiger partial charge >= 0.3 is 0 Å². The molecule has 3 aromatic carbocycles. The average molecular weight is 410 g/mol. The van der Waals surface area contributed by atoms with Gasteiger partial charge in [0.25, 0.3) is 0 Å². The van der Waals surface area contributed by atoms with Crippen molar-refractivity contribution in [2.75, 3.05) is 0 Å². The molecule has 3 rings (SSSR count). The quantitative estimate of drug-likeness (QED) is 0.247. The summed E-state index contributed by atoms with van der Waals surface area (Å²) in [6.45, 7) is 3.73. The Hall–Kier alpha value is -3.46. The first-order valence-electron chi connectivity index (χ1n) is 9.41. The molecule has 0 saturated heterocycles. The summed E-state index contributed by atoms with van der Waals surface area (Å²) >= 11 is 0. The third-order valence-corrected chi connectivity index (χ3v) is 4.49. The smallest absolute Gasteiger partial charge is 0.161 e. The fourth-order valence-electron chi connectivity index (χ4n) is 2.80. The van der Waals surface area contributed by atoms with Crippen molar-refractivity contribution in [1.82, 2.24) is 0 Å². The van der Waals surface area contributed by atoms with Crippen LogP contribution in [0.1, 0.15) is 36.1 Å². The molecule has 0 aliphatic carbocycles. The molecule has 0 atom stereocenters. The van der Waals surface area contributed by atoms with Crippen molar-refractivity contribution in [3.05, 3.63) is 94.1 Å². The Labute approximate surface area is 172 Å². The van der Waals surface area contributed by atoms with Crippen LogP contribution in [0.3, 0.4) is 0 Å². The van der Waals surface area contributed by atoms with Gasteiger partial charge in [-0.3, -0.25) is 0 Å². The summed E-state index contributed by atoms with van der Waals surface area (Å²) < 4.78 is 54.5. The molecule has 152 valence electrons. The van der Waals surface area contributed by atoms with Crippen LogP contribution in [0.4, 0.5) is 28.9 Å². The van der Waals surface area contributed by atoms with Crippen molar-refractivity contribution in [2.24, 2.45) is 10.2 Å². The minimum absolute atomic E-state index is 0.178. The van der Waals surface area contributed by atoms with Crippen LogP contribution in [-0.2, 0) is 12.8 Å². The topological polar surface area (TPSA) is 24.7 Å². The molecule has 0 saturated carbocycles. The normalized spacial score (nSPS) is 10.9. The van der Waals surface area contributed by atoms with Crippen molar-refractivity contribution in [3.63, 3.8) is 0 Å². The van der Waals surface area contributed by atoms with Crippen molar-refractivity contribution >= 4 is 11.4 Å². The molecule has 0 heterocycles. The standard InChI is InChI=1S/C24H18F4N2/c1-3-15-11-22(26)20(23(27)12-15)9-6-17-5-7-18(13-16(17)4-2)29-30-19-8-10-21(25)24(28)14-19/h5,7-8,10-14H,3-4H2,1-2H3. The zero-order chi connectivity index (χ0) is 21.7. The van der Waals surface area contributed by atoms with Gasteiger partial charge in [0.15, 0.2) is 11.6 Å². The molecule has 2 nitrogen and oxygen atoms in total. The minimum atomic E-state index is -1.00. The van der Waals surface area contributed by atoms with Crippen molar-refractivity contribution in [2.45, 2.75) is 26.7 Å². The first-order valence-corrected chi connectivity index (χ1v) is 9.41. The highest BCUT2D eigenvalue weighted by molar-refractivity contribution is 5.53. The lowest BCUT2D eigenvalue weighted by Gasteiger charge is -2.04. The molecule has 0 radical (unpaired) electrons. The Morgan fingerprint density at radius 3 is 1.90 bits per heavy atom. The monoisotopic (exact) mass is 410 g/mol. The van der Waals surface area contributed by atoms with Crippen LogP contribution in [0, 0.1) is 35.1 Å². The Balaban J connectivity index is 1.88. The summed E-state index contributed by atoms with van der Waals surface area (Å²) in [6, 6.07) is 10.9. The largest absolute Gasteiger partial charge is 0.206 e. The van der Waals surface area contributed by atoms with Gasteiger partial charge in [0, 0.05) is 11.6 Å². The van der Waals surface area contributed by atoms with Crippen LogP contribution in [0.2, 0.25) is 0 Å². The maximum atomic E-state index is 14.1. The second-order valence-corrected chi connectivity index (χ2v) is 6.53. The fourth-order valence-corrected chi connectivity index (χ4v) is 2.80. The number of azo groups is 1. The zero-order valence-corrected chi connectivity index (χ0v) is 16.4. The van der Waals surface area contributed by atoms with Gasteiger partial charge in [-0.2, -0.15) is 10.2 Å². The van der Waals surface area contributed by atoms with Gasteiger partial charge in [-0.25, -0.2) is 17.6 Å². The number of hydrogen-bond acceptors (Lipinski definition) is 2. The van der Waals surface area contributed by atoms with E-state index in [9.17, 15) is 17.6 Å². The van der Waals surface area contributed by atoms with Gasteiger partial charge in [-0.1, -0.05) is 25.7 Å². The highest BCUT2D eigenvalue weighted by atomic mass is 19.2. The second-order valence-electron chi connectivity index (χ2n) is 6.53.